The first kappa shape index (κ1) is 24.7. The van der Waals surface area contributed by atoms with Crippen LogP contribution >= 0.6 is 11.6 Å². The summed E-state index contributed by atoms with van der Waals surface area (Å²) in [6.45, 7) is 9.02. The lowest BCUT2D eigenvalue weighted by Crippen LogP contribution is -2.60. The van der Waals surface area contributed by atoms with E-state index in [9.17, 15) is 0 Å². The summed E-state index contributed by atoms with van der Waals surface area (Å²) in [5, 5.41) is 23.4. The van der Waals surface area contributed by atoms with Gasteiger partial charge in [-0.1, -0.05) is 31.5 Å². The highest BCUT2D eigenvalue weighted by atomic mass is 35.5. The molecule has 4 aromatic rings. The Hall–Kier alpha value is -3.57. The van der Waals surface area contributed by atoms with Crippen molar-refractivity contribution in [1.82, 2.24) is 45.3 Å². The fourth-order valence-corrected chi connectivity index (χ4v) is 5.39. The predicted octanol–water partition coefficient (Wildman–Crippen LogP) is 4.24. The van der Waals surface area contributed by atoms with Crippen molar-refractivity contribution in [3.05, 3.63) is 53.8 Å². The van der Waals surface area contributed by atoms with Crippen molar-refractivity contribution >= 4 is 23.2 Å². The fraction of sp³-hybridized carbons (Fsp3) is 0.462. The van der Waals surface area contributed by atoms with Gasteiger partial charge in [0.05, 0.1) is 29.0 Å². The Morgan fingerprint density at radius 2 is 1.95 bits per heavy atom. The van der Waals surface area contributed by atoms with Crippen LogP contribution in [-0.4, -0.2) is 59.1 Å². The average molecular weight is 535 g/mol. The summed E-state index contributed by atoms with van der Waals surface area (Å²) in [7, 11) is 0. The minimum Gasteiger partial charge on any atom is -0.487 e. The summed E-state index contributed by atoms with van der Waals surface area (Å²) in [4.78, 5) is 9.16. The Balaban J connectivity index is 1.14. The van der Waals surface area contributed by atoms with Crippen molar-refractivity contribution in [3.63, 3.8) is 0 Å². The van der Waals surface area contributed by atoms with Crippen LogP contribution < -0.4 is 15.4 Å². The maximum absolute atomic E-state index is 6.41. The first-order valence-electron chi connectivity index (χ1n) is 12.9. The number of tetrazole rings is 1. The number of benzene rings is 1. The Morgan fingerprint density at radius 1 is 1.16 bits per heavy atom. The van der Waals surface area contributed by atoms with Crippen LogP contribution in [0.2, 0.25) is 5.02 Å². The van der Waals surface area contributed by atoms with Gasteiger partial charge in [0.25, 0.3) is 0 Å². The van der Waals surface area contributed by atoms with Gasteiger partial charge in [0.1, 0.15) is 18.2 Å². The van der Waals surface area contributed by atoms with Gasteiger partial charge in [-0.05, 0) is 59.2 Å². The summed E-state index contributed by atoms with van der Waals surface area (Å²) in [6.07, 6.45) is 9.45. The van der Waals surface area contributed by atoms with Gasteiger partial charge in [-0.3, -0.25) is 4.68 Å². The second-order valence-corrected chi connectivity index (χ2v) is 11.2. The normalized spacial score (nSPS) is 17.3. The second-order valence-electron chi connectivity index (χ2n) is 10.8. The molecule has 1 saturated heterocycles. The summed E-state index contributed by atoms with van der Waals surface area (Å²) in [5.74, 6) is 1.40. The topological polar surface area (TPSA) is 120 Å². The van der Waals surface area contributed by atoms with Crippen molar-refractivity contribution in [2.45, 2.75) is 58.2 Å². The van der Waals surface area contributed by atoms with E-state index in [0.717, 1.165) is 35.6 Å². The molecule has 6 rings (SSSR count). The number of hydrogen-bond acceptors (Lipinski definition) is 9. The molecule has 1 saturated carbocycles. The molecule has 4 heterocycles. The number of rotatable bonds is 9. The molecule has 0 bridgehead atoms. The lowest BCUT2D eigenvalue weighted by Gasteiger charge is -2.54. The molecular weight excluding hydrogens is 504 g/mol. The molecule has 1 aliphatic heterocycles. The molecule has 3 aromatic heterocycles. The first-order valence-corrected chi connectivity index (χ1v) is 13.3. The number of ether oxygens (including phenoxy) is 1. The van der Waals surface area contributed by atoms with Gasteiger partial charge >= 0.3 is 0 Å². The number of aromatic nitrogens is 8. The van der Waals surface area contributed by atoms with Crippen LogP contribution in [-0.2, 0) is 6.54 Å². The van der Waals surface area contributed by atoms with E-state index in [2.05, 4.69) is 60.9 Å². The monoisotopic (exact) mass is 534 g/mol. The number of halogens is 1. The van der Waals surface area contributed by atoms with E-state index in [0.29, 0.717) is 34.7 Å². The average Bonchev–Trinajstić information content (AvgIpc) is 3.49. The van der Waals surface area contributed by atoms with Gasteiger partial charge in [-0.15, -0.1) is 5.10 Å². The Labute approximate surface area is 226 Å². The third-order valence-electron chi connectivity index (χ3n) is 7.35. The quantitative estimate of drug-likeness (QED) is 0.325. The highest BCUT2D eigenvalue weighted by Crippen LogP contribution is 2.51. The van der Waals surface area contributed by atoms with Crippen LogP contribution in [0.25, 0.3) is 11.1 Å². The van der Waals surface area contributed by atoms with Crippen LogP contribution in [0.3, 0.4) is 0 Å². The van der Waals surface area contributed by atoms with Crippen molar-refractivity contribution in [3.8, 4) is 16.9 Å². The molecule has 0 unspecified atom stereocenters. The van der Waals surface area contributed by atoms with Crippen LogP contribution in [0, 0.1) is 5.41 Å². The van der Waals surface area contributed by atoms with Gasteiger partial charge in [-0.25, -0.2) is 14.6 Å². The molecule has 1 aliphatic carbocycles. The van der Waals surface area contributed by atoms with E-state index >= 15 is 0 Å². The molecule has 1 spiro atoms. The molecule has 1 atom stereocenters. The van der Waals surface area contributed by atoms with Crippen molar-refractivity contribution in [2.75, 3.05) is 18.4 Å². The predicted molar refractivity (Wildman–Crippen MR) is 144 cm³/mol. The van der Waals surface area contributed by atoms with E-state index in [1.165, 1.54) is 12.8 Å². The van der Waals surface area contributed by atoms with Crippen molar-refractivity contribution in [2.24, 2.45) is 5.41 Å². The van der Waals surface area contributed by atoms with E-state index in [1.807, 2.05) is 25.1 Å². The zero-order chi connectivity index (χ0) is 26.3. The second kappa shape index (κ2) is 9.95. The van der Waals surface area contributed by atoms with Crippen molar-refractivity contribution in [1.29, 1.82) is 0 Å². The van der Waals surface area contributed by atoms with Gasteiger partial charge in [0.15, 0.2) is 0 Å². The highest BCUT2D eigenvalue weighted by molar-refractivity contribution is 6.32. The Kier molecular flexibility index (Phi) is 6.48. The molecule has 198 valence electrons. The van der Waals surface area contributed by atoms with Crippen LogP contribution in [0.4, 0.5) is 11.6 Å². The fourth-order valence-electron chi connectivity index (χ4n) is 5.23. The van der Waals surface area contributed by atoms with Crippen molar-refractivity contribution < 1.29 is 4.74 Å². The summed E-state index contributed by atoms with van der Waals surface area (Å²) < 4.78 is 9.81. The third kappa shape index (κ3) is 4.95. The number of anilines is 2. The zero-order valence-corrected chi connectivity index (χ0v) is 22.4. The van der Waals surface area contributed by atoms with E-state index in [-0.39, 0.29) is 12.0 Å². The Bertz CT molecular complexity index is 1390. The Morgan fingerprint density at radius 3 is 2.61 bits per heavy atom. The molecule has 2 fully saturated rings. The van der Waals surface area contributed by atoms with Crippen LogP contribution in [0.1, 0.15) is 51.3 Å². The molecule has 0 radical (unpaired) electrons. The first-order chi connectivity index (χ1) is 18.4. The van der Waals surface area contributed by atoms with Crippen LogP contribution in [0.15, 0.2) is 43.1 Å². The summed E-state index contributed by atoms with van der Waals surface area (Å²) >= 11 is 6.41. The van der Waals surface area contributed by atoms with E-state index < -0.39 is 0 Å². The largest absolute Gasteiger partial charge is 0.487 e. The number of hydrogen-bond donors (Lipinski definition) is 2. The molecule has 1 aromatic carbocycles. The maximum Gasteiger partial charge on any atom is 0.227 e. The minimum absolute atomic E-state index is 0.180. The molecule has 11 nitrogen and oxygen atoms in total. The lowest BCUT2D eigenvalue weighted by molar-refractivity contribution is 0.00220. The molecule has 2 N–H and O–H groups in total. The lowest BCUT2D eigenvalue weighted by atomic mass is 9.62. The van der Waals surface area contributed by atoms with Gasteiger partial charge in [0, 0.05) is 37.2 Å². The number of nitrogens with one attached hydrogen (secondary N) is 2. The zero-order valence-electron chi connectivity index (χ0n) is 21.7. The minimum atomic E-state index is -0.180. The highest BCUT2D eigenvalue weighted by Gasteiger charge is 2.49. The SMILES string of the molecule is CC(C)c1nn(C2CC3(CNC3)C2)cc1Nc1ncc(-c2ccc(Cl)c(O[C@@H](C)Cn3cnnn3)c2)cn1. The summed E-state index contributed by atoms with van der Waals surface area (Å²) in [6, 6.07) is 6.10. The summed E-state index contributed by atoms with van der Waals surface area (Å²) in [5.41, 5.74) is 4.25. The molecule has 0 amide bonds. The maximum atomic E-state index is 6.41. The van der Waals surface area contributed by atoms with Crippen LogP contribution in [0.5, 0.6) is 5.75 Å². The van der Waals surface area contributed by atoms with Gasteiger partial charge < -0.3 is 15.4 Å². The molecule has 2 aliphatic rings. The van der Waals surface area contributed by atoms with E-state index in [1.54, 1.807) is 23.4 Å². The smallest absolute Gasteiger partial charge is 0.227 e. The molecule has 38 heavy (non-hydrogen) atoms. The standard InChI is InChI=1S/C26H31ClN10O/c1-16(2)24-22(12-37(33-24)20-7-26(8-20)13-28-14-26)32-25-29-9-19(10-30-25)18-4-5-21(27)23(6-18)38-17(3)11-36-15-31-34-35-36/h4-6,9-10,12,15-17,20,28H,7-8,11,13-14H2,1-3H3,(H,29,30,32)/t17-/m0/s1. The van der Waals surface area contributed by atoms with Gasteiger partial charge in [0.2, 0.25) is 5.95 Å². The number of nitrogens with zero attached hydrogens (tertiary/aromatic N) is 8. The third-order valence-corrected chi connectivity index (χ3v) is 7.66. The van der Waals surface area contributed by atoms with E-state index in [4.69, 9.17) is 21.4 Å². The molecule has 12 heteroatoms. The molecular formula is C26H31ClN10O. The van der Waals surface area contributed by atoms with Gasteiger partial charge in [-0.2, -0.15) is 5.10 Å².